The van der Waals surface area contributed by atoms with Gasteiger partial charge in [-0.2, -0.15) is 0 Å². The third kappa shape index (κ3) is 6.34. The standard InChI is InChI=1S/C23H27NO6/c1-14-6-7-18(10-15(14)2)16(3)24-22(26)12-30-23(27)13-29-20-9-8-19(17(4)25)11-21(20)28-5/h6-11,16H,12-13H2,1-5H3,(H,24,26)/t16-/m0/s1. The third-order valence-corrected chi connectivity index (χ3v) is 4.69. The van der Waals surface area contributed by atoms with E-state index in [1.54, 1.807) is 12.1 Å². The highest BCUT2D eigenvalue weighted by atomic mass is 16.6. The number of Topliss-reactive ketones (excluding diaryl/α,β-unsaturated/α-hetero) is 1. The highest BCUT2D eigenvalue weighted by Gasteiger charge is 2.14. The van der Waals surface area contributed by atoms with Gasteiger partial charge in [-0.05, 0) is 62.6 Å². The number of carbonyl (C=O) groups is 3. The number of carbonyl (C=O) groups excluding carboxylic acids is 3. The Balaban J connectivity index is 1.82. The normalized spacial score (nSPS) is 11.4. The van der Waals surface area contributed by atoms with Crippen molar-refractivity contribution in [1.82, 2.24) is 5.32 Å². The summed E-state index contributed by atoms with van der Waals surface area (Å²) in [6, 6.07) is 10.4. The van der Waals surface area contributed by atoms with Crippen LogP contribution in [0, 0.1) is 13.8 Å². The number of rotatable bonds is 9. The maximum absolute atomic E-state index is 12.1. The summed E-state index contributed by atoms with van der Waals surface area (Å²) in [5.41, 5.74) is 3.77. The van der Waals surface area contributed by atoms with Crippen LogP contribution in [0.5, 0.6) is 11.5 Å². The van der Waals surface area contributed by atoms with Gasteiger partial charge in [-0.3, -0.25) is 9.59 Å². The SMILES string of the molecule is COc1cc(C(C)=O)ccc1OCC(=O)OCC(=O)N[C@@H](C)c1ccc(C)c(C)c1. The van der Waals surface area contributed by atoms with Crippen LogP contribution in [-0.2, 0) is 14.3 Å². The first-order chi connectivity index (χ1) is 14.2. The Morgan fingerprint density at radius 2 is 1.70 bits per heavy atom. The van der Waals surface area contributed by atoms with Crippen molar-refractivity contribution in [3.63, 3.8) is 0 Å². The summed E-state index contributed by atoms with van der Waals surface area (Å²) in [6.45, 7) is 6.55. The molecule has 0 fully saturated rings. The number of nitrogens with one attached hydrogen (secondary N) is 1. The van der Waals surface area contributed by atoms with Gasteiger partial charge in [0.25, 0.3) is 5.91 Å². The summed E-state index contributed by atoms with van der Waals surface area (Å²) in [5, 5.41) is 2.80. The van der Waals surface area contributed by atoms with Gasteiger partial charge in [0.15, 0.2) is 30.5 Å². The van der Waals surface area contributed by atoms with Crippen molar-refractivity contribution in [1.29, 1.82) is 0 Å². The summed E-state index contributed by atoms with van der Waals surface area (Å²) < 4.78 is 15.5. The molecule has 7 nitrogen and oxygen atoms in total. The van der Waals surface area contributed by atoms with Crippen molar-refractivity contribution in [3.05, 3.63) is 58.7 Å². The molecule has 0 saturated carbocycles. The Morgan fingerprint density at radius 3 is 2.33 bits per heavy atom. The number of aryl methyl sites for hydroxylation is 2. The second-order valence-electron chi connectivity index (χ2n) is 7.00. The first-order valence-corrected chi connectivity index (χ1v) is 9.55. The van der Waals surface area contributed by atoms with Crippen LogP contribution in [0.2, 0.25) is 0 Å². The Bertz CT molecular complexity index is 937. The topological polar surface area (TPSA) is 90.9 Å². The molecule has 0 heterocycles. The fraction of sp³-hybridized carbons (Fsp3) is 0.348. The summed E-state index contributed by atoms with van der Waals surface area (Å²) in [5.74, 6) is -0.581. The quantitative estimate of drug-likeness (QED) is 0.501. The van der Waals surface area contributed by atoms with Crippen molar-refractivity contribution < 1.29 is 28.6 Å². The summed E-state index contributed by atoms with van der Waals surface area (Å²) in [7, 11) is 1.44. The van der Waals surface area contributed by atoms with E-state index in [4.69, 9.17) is 14.2 Å². The Kier molecular flexibility index (Phi) is 7.98. The lowest BCUT2D eigenvalue weighted by molar-refractivity contribution is -0.150. The minimum absolute atomic E-state index is 0.111. The second-order valence-corrected chi connectivity index (χ2v) is 7.00. The number of amides is 1. The van der Waals surface area contributed by atoms with Crippen molar-refractivity contribution >= 4 is 17.7 Å². The number of ether oxygens (including phenoxy) is 3. The average molecular weight is 413 g/mol. The van der Waals surface area contributed by atoms with Gasteiger partial charge in [0.1, 0.15) is 0 Å². The fourth-order valence-electron chi connectivity index (χ4n) is 2.73. The van der Waals surface area contributed by atoms with Crippen molar-refractivity contribution in [2.45, 2.75) is 33.7 Å². The molecule has 0 spiro atoms. The first-order valence-electron chi connectivity index (χ1n) is 9.55. The van der Waals surface area contributed by atoms with Gasteiger partial charge in [0.05, 0.1) is 13.2 Å². The van der Waals surface area contributed by atoms with Crippen molar-refractivity contribution in [3.8, 4) is 11.5 Å². The molecule has 1 N–H and O–H groups in total. The molecule has 2 aromatic carbocycles. The van der Waals surface area contributed by atoms with E-state index in [-0.39, 0.29) is 11.8 Å². The minimum atomic E-state index is -0.693. The van der Waals surface area contributed by atoms with Gasteiger partial charge >= 0.3 is 5.97 Å². The Hall–Kier alpha value is -3.35. The predicted molar refractivity (Wildman–Crippen MR) is 112 cm³/mol. The van der Waals surface area contributed by atoms with Crippen LogP contribution in [-0.4, -0.2) is 38.0 Å². The minimum Gasteiger partial charge on any atom is -0.493 e. The van der Waals surface area contributed by atoms with E-state index < -0.39 is 25.1 Å². The molecule has 0 aliphatic rings. The average Bonchev–Trinajstić information content (AvgIpc) is 2.72. The molecule has 2 rings (SSSR count). The predicted octanol–water partition coefficient (Wildman–Crippen LogP) is 3.31. The zero-order valence-corrected chi connectivity index (χ0v) is 17.9. The van der Waals surface area contributed by atoms with Crippen LogP contribution in [0.25, 0.3) is 0 Å². The zero-order valence-electron chi connectivity index (χ0n) is 17.9. The molecule has 0 bridgehead atoms. The van der Waals surface area contributed by atoms with Crippen LogP contribution in [0.15, 0.2) is 36.4 Å². The highest BCUT2D eigenvalue weighted by molar-refractivity contribution is 5.94. The lowest BCUT2D eigenvalue weighted by Crippen LogP contribution is -2.32. The van der Waals surface area contributed by atoms with E-state index in [0.29, 0.717) is 17.1 Å². The molecule has 160 valence electrons. The lowest BCUT2D eigenvalue weighted by atomic mass is 10.0. The molecule has 7 heteroatoms. The van der Waals surface area contributed by atoms with Crippen LogP contribution in [0.1, 0.15) is 46.9 Å². The molecule has 30 heavy (non-hydrogen) atoms. The molecule has 0 unspecified atom stereocenters. The van der Waals surface area contributed by atoms with Gasteiger partial charge in [-0.1, -0.05) is 18.2 Å². The van der Waals surface area contributed by atoms with E-state index in [1.807, 2.05) is 39.0 Å². The Morgan fingerprint density at radius 1 is 0.967 bits per heavy atom. The second kappa shape index (κ2) is 10.4. The molecule has 2 aromatic rings. The summed E-state index contributed by atoms with van der Waals surface area (Å²) in [6.07, 6.45) is 0. The molecule has 0 aliphatic heterocycles. The number of ketones is 1. The van der Waals surface area contributed by atoms with Gasteiger partial charge in [-0.25, -0.2) is 4.79 Å². The van der Waals surface area contributed by atoms with Crippen molar-refractivity contribution in [2.24, 2.45) is 0 Å². The smallest absolute Gasteiger partial charge is 0.344 e. The van der Waals surface area contributed by atoms with Gasteiger partial charge in [0.2, 0.25) is 0 Å². The molecule has 0 aromatic heterocycles. The Labute approximate surface area is 176 Å². The number of esters is 1. The molecular weight excluding hydrogens is 386 g/mol. The number of hydrogen-bond acceptors (Lipinski definition) is 6. The lowest BCUT2D eigenvalue weighted by Gasteiger charge is -2.16. The van der Waals surface area contributed by atoms with E-state index in [0.717, 1.165) is 11.1 Å². The molecule has 0 aliphatic carbocycles. The molecule has 0 radical (unpaired) electrons. The van der Waals surface area contributed by atoms with Crippen LogP contribution < -0.4 is 14.8 Å². The molecule has 1 atom stereocenters. The fourth-order valence-corrected chi connectivity index (χ4v) is 2.73. The maximum atomic E-state index is 12.1. The highest BCUT2D eigenvalue weighted by Crippen LogP contribution is 2.28. The van der Waals surface area contributed by atoms with Crippen LogP contribution in [0.4, 0.5) is 0 Å². The zero-order chi connectivity index (χ0) is 22.3. The third-order valence-electron chi connectivity index (χ3n) is 4.69. The van der Waals surface area contributed by atoms with Crippen LogP contribution >= 0.6 is 0 Å². The van der Waals surface area contributed by atoms with Gasteiger partial charge in [-0.15, -0.1) is 0 Å². The van der Waals surface area contributed by atoms with E-state index in [9.17, 15) is 14.4 Å². The van der Waals surface area contributed by atoms with E-state index in [1.165, 1.54) is 25.7 Å². The largest absolute Gasteiger partial charge is 0.493 e. The van der Waals surface area contributed by atoms with E-state index >= 15 is 0 Å². The molecule has 1 amide bonds. The summed E-state index contributed by atoms with van der Waals surface area (Å²) >= 11 is 0. The summed E-state index contributed by atoms with van der Waals surface area (Å²) in [4.78, 5) is 35.4. The maximum Gasteiger partial charge on any atom is 0.344 e. The number of hydrogen-bond donors (Lipinski definition) is 1. The van der Waals surface area contributed by atoms with Crippen LogP contribution in [0.3, 0.4) is 0 Å². The monoisotopic (exact) mass is 413 g/mol. The number of methoxy groups -OCH3 is 1. The molecule has 0 saturated heterocycles. The van der Waals surface area contributed by atoms with Gasteiger partial charge in [0, 0.05) is 5.56 Å². The van der Waals surface area contributed by atoms with Crippen molar-refractivity contribution in [2.75, 3.05) is 20.3 Å². The van der Waals surface area contributed by atoms with Gasteiger partial charge < -0.3 is 19.5 Å². The first kappa shape index (κ1) is 22.9. The molecular formula is C23H27NO6. The van der Waals surface area contributed by atoms with E-state index in [2.05, 4.69) is 5.32 Å². The number of benzene rings is 2.